The number of anilines is 2. The van der Waals surface area contributed by atoms with Crippen molar-refractivity contribution in [3.05, 3.63) is 100 Å². The number of hydrogen-bond donors (Lipinski definition) is 2. The third-order valence-electron chi connectivity index (χ3n) is 4.72. The Morgan fingerprint density at radius 1 is 0.806 bits per heavy atom. The van der Waals surface area contributed by atoms with E-state index in [0.717, 1.165) is 5.56 Å². The molecule has 4 aromatic rings. The maximum atomic E-state index is 13.0. The number of nitrogens with zero attached hydrogens (tertiary/aromatic N) is 2. The van der Waals surface area contributed by atoms with Gasteiger partial charge in [0, 0.05) is 23.7 Å². The van der Waals surface area contributed by atoms with E-state index in [1.807, 2.05) is 30.3 Å². The summed E-state index contributed by atoms with van der Waals surface area (Å²) in [5.74, 6) is -0.599. The Kier molecular flexibility index (Phi) is 5.57. The van der Waals surface area contributed by atoms with Crippen molar-refractivity contribution in [1.29, 1.82) is 0 Å². The fourth-order valence-corrected chi connectivity index (χ4v) is 3.30. The van der Waals surface area contributed by atoms with E-state index in [0.29, 0.717) is 22.1 Å². The first-order chi connectivity index (χ1) is 15.0. The van der Waals surface area contributed by atoms with Crippen LogP contribution in [0.2, 0.25) is 0 Å². The highest BCUT2D eigenvalue weighted by Gasteiger charge is 2.17. The minimum Gasteiger partial charge on any atom is -0.326 e. The molecule has 3 aromatic carbocycles. The number of rotatable bonds is 5. The van der Waals surface area contributed by atoms with E-state index in [9.17, 15) is 14.4 Å². The highest BCUT2D eigenvalue weighted by atomic mass is 16.2. The molecule has 0 unspecified atom stereocenters. The molecule has 0 saturated heterocycles. The Labute approximate surface area is 178 Å². The van der Waals surface area contributed by atoms with E-state index in [4.69, 9.17) is 0 Å². The summed E-state index contributed by atoms with van der Waals surface area (Å²) in [5.41, 5.74) is 2.00. The smallest absolute Gasteiger partial charge is 0.276 e. The van der Waals surface area contributed by atoms with Gasteiger partial charge < -0.3 is 10.6 Å². The quantitative estimate of drug-likeness (QED) is 0.523. The van der Waals surface area contributed by atoms with E-state index in [1.165, 1.54) is 11.6 Å². The van der Waals surface area contributed by atoms with Crippen molar-refractivity contribution in [2.24, 2.45) is 0 Å². The van der Waals surface area contributed by atoms with Crippen molar-refractivity contribution < 1.29 is 9.59 Å². The molecule has 0 aliphatic carbocycles. The van der Waals surface area contributed by atoms with Gasteiger partial charge in [0.1, 0.15) is 0 Å². The van der Waals surface area contributed by atoms with Gasteiger partial charge in [-0.1, -0.05) is 48.5 Å². The zero-order valence-corrected chi connectivity index (χ0v) is 16.8. The fourth-order valence-electron chi connectivity index (χ4n) is 3.30. The molecule has 0 aliphatic heterocycles. The molecule has 7 nitrogen and oxygen atoms in total. The predicted molar refractivity (Wildman–Crippen MR) is 120 cm³/mol. The summed E-state index contributed by atoms with van der Waals surface area (Å²) >= 11 is 0. The van der Waals surface area contributed by atoms with Gasteiger partial charge in [-0.25, -0.2) is 4.68 Å². The second kappa shape index (κ2) is 8.62. The molecule has 1 aromatic heterocycles. The second-order valence-corrected chi connectivity index (χ2v) is 7.06. The van der Waals surface area contributed by atoms with Gasteiger partial charge >= 0.3 is 0 Å². The van der Waals surface area contributed by atoms with Gasteiger partial charge in [0.05, 0.1) is 11.9 Å². The van der Waals surface area contributed by atoms with Gasteiger partial charge in [-0.15, -0.1) is 0 Å². The van der Waals surface area contributed by atoms with Crippen LogP contribution in [0.15, 0.2) is 83.7 Å². The summed E-state index contributed by atoms with van der Waals surface area (Å²) in [7, 11) is 0. The molecule has 4 rings (SSSR count). The normalized spacial score (nSPS) is 10.6. The fraction of sp³-hybridized carbons (Fsp3) is 0.0833. The van der Waals surface area contributed by atoms with Crippen LogP contribution in [0, 0.1) is 0 Å². The zero-order chi connectivity index (χ0) is 21.8. The molecule has 7 heteroatoms. The molecule has 2 amide bonds. The first-order valence-corrected chi connectivity index (χ1v) is 9.74. The third kappa shape index (κ3) is 4.51. The number of carbonyl (C=O) groups is 2. The van der Waals surface area contributed by atoms with Gasteiger partial charge in [0.15, 0.2) is 5.69 Å². The average Bonchev–Trinajstić information content (AvgIpc) is 2.77. The number of amides is 2. The first kappa shape index (κ1) is 20.0. The van der Waals surface area contributed by atoms with E-state index in [1.54, 1.807) is 48.5 Å². The summed E-state index contributed by atoms with van der Waals surface area (Å²) in [6, 6.07) is 23.2. The maximum absolute atomic E-state index is 13.0. The van der Waals surface area contributed by atoms with Crippen LogP contribution in [-0.2, 0) is 11.3 Å². The van der Waals surface area contributed by atoms with Crippen LogP contribution in [0.5, 0.6) is 0 Å². The summed E-state index contributed by atoms with van der Waals surface area (Å²) in [5, 5.41) is 10.8. The van der Waals surface area contributed by atoms with Crippen LogP contribution in [0.3, 0.4) is 0 Å². The number of nitrogens with one attached hydrogen (secondary N) is 2. The minimum atomic E-state index is -0.426. The summed E-state index contributed by atoms with van der Waals surface area (Å²) in [6.45, 7) is 1.69. The van der Waals surface area contributed by atoms with Crippen molar-refractivity contribution in [2.75, 3.05) is 10.6 Å². The number of hydrogen-bond acceptors (Lipinski definition) is 4. The molecule has 31 heavy (non-hydrogen) atoms. The first-order valence-electron chi connectivity index (χ1n) is 9.74. The second-order valence-electron chi connectivity index (χ2n) is 7.06. The summed E-state index contributed by atoms with van der Waals surface area (Å²) in [6.07, 6.45) is 0. The predicted octanol–water partition coefficient (Wildman–Crippen LogP) is 3.66. The Balaban J connectivity index is 1.69. The van der Waals surface area contributed by atoms with Crippen LogP contribution >= 0.6 is 0 Å². The summed E-state index contributed by atoms with van der Waals surface area (Å²) < 4.78 is 1.31. The topological polar surface area (TPSA) is 93.1 Å². The zero-order valence-electron chi connectivity index (χ0n) is 16.8. The SMILES string of the molecule is CC(=O)Nc1ccc(NC(=O)c2nn(Cc3ccccc3)c(=O)c3ccccc23)cc1. The Morgan fingerprint density at radius 2 is 1.39 bits per heavy atom. The number of fused-ring (bicyclic) bond motifs is 1. The van der Waals surface area contributed by atoms with Gasteiger partial charge in [-0.2, -0.15) is 5.10 Å². The molecule has 0 saturated carbocycles. The van der Waals surface area contributed by atoms with Crippen LogP contribution in [-0.4, -0.2) is 21.6 Å². The van der Waals surface area contributed by atoms with Gasteiger partial charge in [0.2, 0.25) is 5.91 Å². The largest absolute Gasteiger partial charge is 0.326 e. The molecule has 0 fully saturated rings. The molecular formula is C24H20N4O3. The van der Waals surface area contributed by atoms with E-state index in [-0.39, 0.29) is 23.7 Å². The standard InChI is InChI=1S/C24H20N4O3/c1-16(29)25-18-11-13-19(14-12-18)26-23(30)22-20-9-5-6-10-21(20)24(31)28(27-22)15-17-7-3-2-4-8-17/h2-14H,15H2,1H3,(H,25,29)(H,26,30). The van der Waals surface area contributed by atoms with Crippen molar-refractivity contribution in [2.45, 2.75) is 13.5 Å². The molecule has 1 heterocycles. The molecular weight excluding hydrogens is 392 g/mol. The monoisotopic (exact) mass is 412 g/mol. The molecule has 0 bridgehead atoms. The van der Waals surface area contributed by atoms with Crippen molar-refractivity contribution >= 4 is 34.0 Å². The van der Waals surface area contributed by atoms with Crippen LogP contribution in [0.4, 0.5) is 11.4 Å². The Morgan fingerprint density at radius 3 is 2.03 bits per heavy atom. The maximum Gasteiger partial charge on any atom is 0.276 e. The molecule has 0 spiro atoms. The number of carbonyl (C=O) groups excluding carboxylic acids is 2. The number of aromatic nitrogens is 2. The Bertz CT molecular complexity index is 1310. The van der Waals surface area contributed by atoms with Gasteiger partial charge in [-0.05, 0) is 35.9 Å². The highest BCUT2D eigenvalue weighted by Crippen LogP contribution is 2.18. The van der Waals surface area contributed by atoms with E-state index in [2.05, 4.69) is 15.7 Å². The van der Waals surface area contributed by atoms with E-state index < -0.39 is 5.91 Å². The lowest BCUT2D eigenvalue weighted by atomic mass is 10.1. The van der Waals surface area contributed by atoms with E-state index >= 15 is 0 Å². The molecule has 154 valence electrons. The molecule has 0 aliphatic rings. The Hall–Kier alpha value is -4.26. The van der Waals surface area contributed by atoms with Crippen molar-refractivity contribution in [1.82, 2.24) is 9.78 Å². The van der Waals surface area contributed by atoms with Crippen LogP contribution in [0.25, 0.3) is 10.8 Å². The van der Waals surface area contributed by atoms with Crippen molar-refractivity contribution in [3.63, 3.8) is 0 Å². The van der Waals surface area contributed by atoms with Crippen LogP contribution < -0.4 is 16.2 Å². The average molecular weight is 412 g/mol. The lowest BCUT2D eigenvalue weighted by Gasteiger charge is -2.12. The number of benzene rings is 3. The lowest BCUT2D eigenvalue weighted by molar-refractivity contribution is -0.114. The molecule has 0 atom stereocenters. The lowest BCUT2D eigenvalue weighted by Crippen LogP contribution is -2.28. The van der Waals surface area contributed by atoms with Crippen LogP contribution in [0.1, 0.15) is 23.0 Å². The van der Waals surface area contributed by atoms with Crippen molar-refractivity contribution in [3.8, 4) is 0 Å². The minimum absolute atomic E-state index is 0.164. The molecule has 0 radical (unpaired) electrons. The highest BCUT2D eigenvalue weighted by molar-refractivity contribution is 6.11. The van der Waals surface area contributed by atoms with Gasteiger partial charge in [-0.3, -0.25) is 14.4 Å². The summed E-state index contributed by atoms with van der Waals surface area (Å²) in [4.78, 5) is 37.1. The van der Waals surface area contributed by atoms with Gasteiger partial charge in [0.25, 0.3) is 11.5 Å². The molecule has 2 N–H and O–H groups in total. The third-order valence-corrected chi connectivity index (χ3v) is 4.72.